The van der Waals surface area contributed by atoms with Crippen LogP contribution in [0.15, 0.2) is 0 Å². The fourth-order valence-electron chi connectivity index (χ4n) is 0.526. The van der Waals surface area contributed by atoms with Crippen molar-refractivity contribution in [3.05, 3.63) is 10.1 Å². The zero-order chi connectivity index (χ0) is 10.4. The van der Waals surface area contributed by atoms with E-state index < -0.39 is 29.5 Å². The van der Waals surface area contributed by atoms with Gasteiger partial charge in [0.15, 0.2) is 0 Å². The van der Waals surface area contributed by atoms with Crippen molar-refractivity contribution in [2.24, 2.45) is 5.73 Å². The number of aliphatic carboxylic acids is 1. The Kier molecular flexibility index (Phi) is 7.11. The first-order valence-corrected chi connectivity index (χ1v) is 3.27. The fourth-order valence-corrected chi connectivity index (χ4v) is 0.526. The number of carboxylic acids is 1. The van der Waals surface area contributed by atoms with Gasteiger partial charge < -0.3 is 17.0 Å². The average molecular weight is 209 g/mol. The molecule has 0 amide bonds. The molecule has 0 aliphatic heterocycles. The zero-order valence-corrected chi connectivity index (χ0v) is 7.21. The van der Waals surface area contributed by atoms with Gasteiger partial charge >= 0.3 is 17.0 Å². The van der Waals surface area contributed by atoms with Crippen LogP contribution in [0, 0.1) is 10.1 Å². The third-order valence-corrected chi connectivity index (χ3v) is 1.15. The standard InChI is InChI=1S/C5H8N2O6.H3N/c6-3(5(9)10)1-2-4(8)13-7(11)12;/h3H,1-2,6H2,(H,9,10);1H3/t3-;/m0./s1. The van der Waals surface area contributed by atoms with Gasteiger partial charge in [-0.3, -0.25) is 9.59 Å². The zero-order valence-electron chi connectivity index (χ0n) is 7.21. The van der Waals surface area contributed by atoms with Crippen LogP contribution < -0.4 is 11.9 Å². The molecule has 14 heavy (non-hydrogen) atoms. The lowest BCUT2D eigenvalue weighted by molar-refractivity contribution is -0.729. The second-order valence-corrected chi connectivity index (χ2v) is 2.17. The van der Waals surface area contributed by atoms with E-state index in [-0.39, 0.29) is 12.6 Å². The Hall–Kier alpha value is -1.74. The molecule has 0 heterocycles. The van der Waals surface area contributed by atoms with Crippen LogP contribution in [0.5, 0.6) is 0 Å². The minimum atomic E-state index is -1.27. The summed E-state index contributed by atoms with van der Waals surface area (Å²) in [6.07, 6.45) is -0.587. The number of carbonyl (C=O) groups excluding carboxylic acids is 1. The minimum Gasteiger partial charge on any atom is -0.480 e. The number of rotatable bonds is 5. The highest BCUT2D eigenvalue weighted by Crippen LogP contribution is 1.97. The first-order chi connectivity index (χ1) is 5.93. The van der Waals surface area contributed by atoms with Crippen molar-refractivity contribution in [3.8, 4) is 0 Å². The lowest BCUT2D eigenvalue weighted by Crippen LogP contribution is -2.30. The molecule has 9 nitrogen and oxygen atoms in total. The summed E-state index contributed by atoms with van der Waals surface area (Å²) in [5, 5.41) is 16.6. The van der Waals surface area contributed by atoms with Gasteiger partial charge in [-0.15, -0.1) is 10.1 Å². The van der Waals surface area contributed by atoms with Crippen LogP contribution in [0.2, 0.25) is 0 Å². The molecule has 0 aliphatic carbocycles. The third kappa shape index (κ3) is 6.94. The van der Waals surface area contributed by atoms with E-state index in [0.29, 0.717) is 0 Å². The number of carbonyl (C=O) groups is 2. The van der Waals surface area contributed by atoms with Crippen molar-refractivity contribution in [2.75, 3.05) is 0 Å². The third-order valence-electron chi connectivity index (χ3n) is 1.15. The summed E-state index contributed by atoms with van der Waals surface area (Å²) in [7, 11) is 0. The predicted octanol–water partition coefficient (Wildman–Crippen LogP) is -0.925. The average Bonchev–Trinajstić information content (AvgIpc) is 1.98. The van der Waals surface area contributed by atoms with Crippen molar-refractivity contribution < 1.29 is 24.6 Å². The second kappa shape index (κ2) is 6.74. The van der Waals surface area contributed by atoms with Crippen LogP contribution in [0.25, 0.3) is 0 Å². The van der Waals surface area contributed by atoms with Crippen molar-refractivity contribution >= 4 is 11.9 Å². The molecule has 0 aromatic rings. The van der Waals surface area contributed by atoms with Crippen LogP contribution >= 0.6 is 0 Å². The first kappa shape index (κ1) is 14.8. The van der Waals surface area contributed by atoms with E-state index in [1.54, 1.807) is 0 Å². The van der Waals surface area contributed by atoms with E-state index in [2.05, 4.69) is 4.84 Å². The Labute approximate surface area is 78.5 Å². The number of nitrogens with zero attached hydrogens (tertiary/aromatic N) is 1. The monoisotopic (exact) mass is 209 g/mol. The molecule has 0 saturated heterocycles. The quantitative estimate of drug-likeness (QED) is 0.385. The molecule has 0 aliphatic rings. The summed E-state index contributed by atoms with van der Waals surface area (Å²) < 4.78 is 0. The fraction of sp³-hybridized carbons (Fsp3) is 0.600. The number of carboxylic acid groups (broad SMARTS) is 1. The van der Waals surface area contributed by atoms with Crippen molar-refractivity contribution in [1.82, 2.24) is 6.15 Å². The highest BCUT2D eigenvalue weighted by atomic mass is 17.0. The van der Waals surface area contributed by atoms with Gasteiger partial charge in [0.2, 0.25) is 0 Å². The number of nitrogens with two attached hydrogens (primary N) is 1. The van der Waals surface area contributed by atoms with Gasteiger partial charge in [0.05, 0.1) is 0 Å². The molecule has 0 bridgehead atoms. The Morgan fingerprint density at radius 3 is 2.43 bits per heavy atom. The molecule has 82 valence electrons. The minimum absolute atomic E-state index is 0. The molecule has 0 spiro atoms. The van der Waals surface area contributed by atoms with Crippen LogP contribution in [0.1, 0.15) is 12.8 Å². The SMILES string of the molecule is N.N[C@@H](CCC(=O)O[N+](=O)[O-])C(=O)O. The van der Waals surface area contributed by atoms with Crippen molar-refractivity contribution in [3.63, 3.8) is 0 Å². The summed E-state index contributed by atoms with van der Waals surface area (Å²) >= 11 is 0. The molecular weight excluding hydrogens is 198 g/mol. The van der Waals surface area contributed by atoms with Crippen LogP contribution in [-0.2, 0) is 14.4 Å². The molecule has 0 radical (unpaired) electrons. The van der Waals surface area contributed by atoms with Gasteiger partial charge in [-0.1, -0.05) is 0 Å². The maximum Gasteiger partial charge on any atom is 0.320 e. The number of hydrogen-bond donors (Lipinski definition) is 3. The molecule has 0 aromatic carbocycles. The summed E-state index contributed by atoms with van der Waals surface area (Å²) in [6, 6.07) is -1.21. The molecule has 1 atom stereocenters. The molecule has 0 saturated carbocycles. The van der Waals surface area contributed by atoms with E-state index >= 15 is 0 Å². The molecule has 0 rings (SSSR count). The molecule has 0 aromatic heterocycles. The number of hydrogen-bond acceptors (Lipinski definition) is 7. The maximum absolute atomic E-state index is 10.5. The van der Waals surface area contributed by atoms with Gasteiger partial charge in [-0.05, 0) is 6.42 Å². The highest BCUT2D eigenvalue weighted by Gasteiger charge is 2.15. The lowest BCUT2D eigenvalue weighted by atomic mass is 10.2. The lowest BCUT2D eigenvalue weighted by Gasteiger charge is -2.03. The van der Waals surface area contributed by atoms with Crippen molar-refractivity contribution in [1.29, 1.82) is 0 Å². The Balaban J connectivity index is 0. The van der Waals surface area contributed by atoms with E-state index in [1.807, 2.05) is 0 Å². The largest absolute Gasteiger partial charge is 0.480 e. The molecule has 9 heteroatoms. The van der Waals surface area contributed by atoms with Gasteiger partial charge in [-0.25, -0.2) is 4.84 Å². The van der Waals surface area contributed by atoms with E-state index in [4.69, 9.17) is 10.8 Å². The Bertz CT molecular complexity index is 230. The molecular formula is C5H11N3O6. The summed E-state index contributed by atoms with van der Waals surface area (Å²) in [5.74, 6) is -2.38. The molecule has 0 fully saturated rings. The maximum atomic E-state index is 10.5. The highest BCUT2D eigenvalue weighted by molar-refractivity contribution is 5.75. The molecule has 0 unspecified atom stereocenters. The summed E-state index contributed by atoms with van der Waals surface area (Å²) in [4.78, 5) is 33.7. The Morgan fingerprint density at radius 1 is 1.57 bits per heavy atom. The van der Waals surface area contributed by atoms with Gasteiger partial charge in [0, 0.05) is 6.42 Å². The topological polar surface area (TPSA) is 168 Å². The summed E-state index contributed by atoms with van der Waals surface area (Å²) in [5.41, 5.74) is 5.02. The van der Waals surface area contributed by atoms with Crippen LogP contribution in [0.3, 0.4) is 0 Å². The van der Waals surface area contributed by atoms with Crippen LogP contribution in [0.4, 0.5) is 0 Å². The van der Waals surface area contributed by atoms with E-state index in [0.717, 1.165) is 0 Å². The first-order valence-electron chi connectivity index (χ1n) is 3.27. The van der Waals surface area contributed by atoms with Crippen molar-refractivity contribution in [2.45, 2.75) is 18.9 Å². The van der Waals surface area contributed by atoms with Gasteiger partial charge in [0.25, 0.3) is 0 Å². The smallest absolute Gasteiger partial charge is 0.320 e. The van der Waals surface area contributed by atoms with Crippen LogP contribution in [-0.4, -0.2) is 28.2 Å². The Morgan fingerprint density at radius 2 is 2.07 bits per heavy atom. The predicted molar refractivity (Wildman–Crippen MR) is 43.0 cm³/mol. The summed E-state index contributed by atoms with van der Waals surface area (Å²) in [6.45, 7) is 0. The normalized spacial score (nSPS) is 10.9. The van der Waals surface area contributed by atoms with Gasteiger partial charge in [-0.2, -0.15) is 0 Å². The van der Waals surface area contributed by atoms with Gasteiger partial charge in [0.1, 0.15) is 6.04 Å². The van der Waals surface area contributed by atoms with E-state index in [9.17, 15) is 19.7 Å². The second-order valence-electron chi connectivity index (χ2n) is 2.17. The molecule has 6 N–H and O–H groups in total. The van der Waals surface area contributed by atoms with E-state index in [1.165, 1.54) is 0 Å².